The number of carbonyl (C=O) groups excluding carboxylic acids is 3. The molecular formula is C57H83N9O12. The number of phenolic OH excluding ortho intramolecular Hbond substituents is 2. The van der Waals surface area contributed by atoms with Crippen molar-refractivity contribution in [3.05, 3.63) is 81.7 Å². The molecule has 0 radical (unpaired) electrons. The highest BCUT2D eigenvalue weighted by Gasteiger charge is 2.49. The number of aliphatic hydroxyl groups excluding tert-OH is 3. The van der Waals surface area contributed by atoms with Crippen molar-refractivity contribution >= 4 is 23.2 Å². The Labute approximate surface area is 456 Å². The van der Waals surface area contributed by atoms with E-state index in [4.69, 9.17) is 19.9 Å². The number of hydrogen-bond donors (Lipinski definition) is 10. The number of H-pyrrole nitrogens is 1. The number of carbonyl (C=O) groups is 3. The third-order valence-corrected chi connectivity index (χ3v) is 15.5. The summed E-state index contributed by atoms with van der Waals surface area (Å²) in [5.74, 6) is -3.18. The molecule has 8 unspecified atom stereocenters. The fourth-order valence-corrected chi connectivity index (χ4v) is 11.1. The number of aliphatic imine (C=N–C) groups is 1. The van der Waals surface area contributed by atoms with Crippen LogP contribution in [0.4, 0.5) is 0 Å². The summed E-state index contributed by atoms with van der Waals surface area (Å²) in [6.07, 6.45) is 20.9. The van der Waals surface area contributed by atoms with Crippen LogP contribution in [0.15, 0.2) is 41.9 Å². The Kier molecular flexibility index (Phi) is 22.3. The largest absolute Gasteiger partial charge is 0.507 e. The lowest BCUT2D eigenvalue weighted by Crippen LogP contribution is -2.53. The molecule has 0 spiro atoms. The number of unbranched alkanes of at least 4 members (excludes halogenated alkanes) is 16. The molecule has 11 N–H and O–H groups in total. The average molecular weight is 1090 g/mol. The molecular weight excluding hydrogens is 1000 g/mol. The molecule has 428 valence electrons. The number of benzene rings is 2. The minimum absolute atomic E-state index is 0.00561. The zero-order valence-electron chi connectivity index (χ0n) is 45.6. The van der Waals surface area contributed by atoms with E-state index in [0.29, 0.717) is 17.8 Å². The molecule has 8 atom stereocenters. The summed E-state index contributed by atoms with van der Waals surface area (Å²) in [4.78, 5) is 53.6. The van der Waals surface area contributed by atoms with Crippen LogP contribution >= 0.6 is 0 Å². The number of imidazole rings is 1. The number of aliphatic hydroxyl groups is 4. The number of phenols is 2. The summed E-state index contributed by atoms with van der Waals surface area (Å²) in [6.45, 7) is 2.77. The molecule has 1 fully saturated rings. The van der Waals surface area contributed by atoms with Crippen LogP contribution in [0.5, 0.6) is 17.2 Å². The van der Waals surface area contributed by atoms with Gasteiger partial charge in [0.2, 0.25) is 11.7 Å². The van der Waals surface area contributed by atoms with Crippen LogP contribution in [0.2, 0.25) is 0 Å². The number of aromatic nitrogens is 5. The standard InChI is InChI=1S/C57H83N9O12/c1-4-5-6-7-8-9-10-11-12-13-14-15-16-17-18-19-20-24-45(68)63-41(25-36-29-59-33-61-36)56(74)60-30-37-31-66(65-64-37)34-62-44(32-67)57(75)27-39-48(43(28-57)78-46-26-40(58)51(69)35(2)77-46)55(73)50-49(53(39)71)52(70)38-22-21-23-42(76-3)47(38)54(50)72/h21-23,29,31,33,35,40-41,43,45-46,51,63,67-69,71,73,75H,4-20,24-28,30,32,34,58H2,1-3H3,(H,59,61)(H,60,74)/b62-44-. The first kappa shape index (κ1) is 60.0. The van der Waals surface area contributed by atoms with Crippen molar-refractivity contribution in [3.8, 4) is 17.2 Å². The third kappa shape index (κ3) is 15.2. The number of nitrogens with zero attached hydrogens (tertiary/aromatic N) is 5. The van der Waals surface area contributed by atoms with E-state index in [-0.39, 0.29) is 65.7 Å². The second-order valence-electron chi connectivity index (χ2n) is 21.4. The fraction of sp³-hybridized carbons (Fsp3) is 0.632. The van der Waals surface area contributed by atoms with E-state index in [1.807, 2.05) is 0 Å². The summed E-state index contributed by atoms with van der Waals surface area (Å²) in [7, 11) is 1.33. The molecule has 7 rings (SSSR count). The van der Waals surface area contributed by atoms with Gasteiger partial charge in [0.15, 0.2) is 12.1 Å². The normalized spacial score (nSPS) is 21.9. The number of aromatic amines is 1. The SMILES string of the molecule is CCCCCCCCCCCCCCCCCCCC(O)NC(Cc1c[nH]cn1)C(=O)NCc1cn(C/N=C(/CO)C2(O)Cc3c(O)c4c(c(O)c3C(OC3CC(N)C(O)C(C)O3)C2)C(=O)c2c(OC)cccc2C4=O)nn1. The van der Waals surface area contributed by atoms with E-state index in [2.05, 4.69) is 42.8 Å². The molecule has 4 aromatic rings. The zero-order chi connectivity index (χ0) is 55.8. The monoisotopic (exact) mass is 1090 g/mol. The Hall–Kier alpha value is -5.65. The van der Waals surface area contributed by atoms with Crippen LogP contribution in [0.25, 0.3) is 0 Å². The Balaban J connectivity index is 0.948. The van der Waals surface area contributed by atoms with E-state index in [9.17, 15) is 45.0 Å². The number of methoxy groups -OCH3 is 1. The van der Waals surface area contributed by atoms with Crippen molar-refractivity contribution in [2.75, 3.05) is 13.7 Å². The molecule has 1 amide bonds. The van der Waals surface area contributed by atoms with Crippen molar-refractivity contribution in [1.82, 2.24) is 35.6 Å². The van der Waals surface area contributed by atoms with Gasteiger partial charge in [-0.25, -0.2) is 9.67 Å². The van der Waals surface area contributed by atoms with Crippen molar-refractivity contribution < 1.29 is 59.2 Å². The van der Waals surface area contributed by atoms with Gasteiger partial charge in [0.25, 0.3) is 0 Å². The van der Waals surface area contributed by atoms with Crippen molar-refractivity contribution in [1.29, 1.82) is 0 Å². The number of aromatic hydroxyl groups is 2. The summed E-state index contributed by atoms with van der Waals surface area (Å²) in [6, 6.07) is 2.84. The van der Waals surface area contributed by atoms with E-state index in [1.54, 1.807) is 13.1 Å². The first-order valence-electron chi connectivity index (χ1n) is 28.2. The van der Waals surface area contributed by atoms with Gasteiger partial charge in [-0.05, 0) is 25.8 Å². The number of amides is 1. The lowest BCUT2D eigenvalue weighted by atomic mass is 9.71. The lowest BCUT2D eigenvalue weighted by Gasteiger charge is -2.43. The Morgan fingerprint density at radius 2 is 1.60 bits per heavy atom. The highest BCUT2D eigenvalue weighted by molar-refractivity contribution is 6.31. The van der Waals surface area contributed by atoms with E-state index in [1.165, 1.54) is 132 Å². The average Bonchev–Trinajstić information content (AvgIpc) is 4.21. The van der Waals surface area contributed by atoms with Gasteiger partial charge in [-0.3, -0.25) is 24.7 Å². The van der Waals surface area contributed by atoms with Gasteiger partial charge >= 0.3 is 0 Å². The van der Waals surface area contributed by atoms with Crippen molar-refractivity contribution in [2.24, 2.45) is 10.7 Å². The van der Waals surface area contributed by atoms with Gasteiger partial charge in [-0.2, -0.15) is 0 Å². The smallest absolute Gasteiger partial charge is 0.237 e. The summed E-state index contributed by atoms with van der Waals surface area (Å²) < 4.78 is 19.0. The number of fused-ring (bicyclic) bond motifs is 3. The van der Waals surface area contributed by atoms with Crippen LogP contribution in [-0.2, 0) is 40.3 Å². The van der Waals surface area contributed by atoms with Crippen LogP contribution in [0.1, 0.15) is 203 Å². The molecule has 0 saturated carbocycles. The number of rotatable bonds is 32. The fourth-order valence-electron chi connectivity index (χ4n) is 11.1. The minimum atomic E-state index is -2.10. The summed E-state index contributed by atoms with van der Waals surface area (Å²) in [5, 5.41) is 83.1. The third-order valence-electron chi connectivity index (χ3n) is 15.5. The van der Waals surface area contributed by atoms with Crippen LogP contribution < -0.4 is 21.1 Å². The van der Waals surface area contributed by atoms with Crippen LogP contribution in [0, 0.1) is 0 Å². The van der Waals surface area contributed by atoms with E-state index in [0.717, 1.165) is 19.3 Å². The molecule has 1 aliphatic heterocycles. The van der Waals surface area contributed by atoms with Crippen LogP contribution in [-0.4, -0.2) is 135 Å². The molecule has 21 heteroatoms. The number of ether oxygens (including phenoxy) is 3. The van der Waals surface area contributed by atoms with Crippen molar-refractivity contribution in [3.63, 3.8) is 0 Å². The van der Waals surface area contributed by atoms with E-state index >= 15 is 0 Å². The Bertz CT molecular complexity index is 2610. The molecule has 1 saturated heterocycles. The molecule has 3 aliphatic rings. The van der Waals surface area contributed by atoms with Gasteiger partial charge in [0.1, 0.15) is 41.4 Å². The molecule has 0 bridgehead atoms. The first-order chi connectivity index (χ1) is 37.7. The van der Waals surface area contributed by atoms with Gasteiger partial charge in [0.05, 0.1) is 85.2 Å². The minimum Gasteiger partial charge on any atom is -0.507 e. The number of nitrogens with two attached hydrogens (primary N) is 1. The zero-order valence-corrected chi connectivity index (χ0v) is 45.6. The quantitative estimate of drug-likeness (QED) is 0.0102. The summed E-state index contributed by atoms with van der Waals surface area (Å²) in [5.41, 5.74) is 3.64. The maximum atomic E-state index is 14.2. The second-order valence-corrected chi connectivity index (χ2v) is 21.4. The number of ketones is 2. The molecule has 2 aliphatic carbocycles. The second kappa shape index (κ2) is 29.0. The lowest BCUT2D eigenvalue weighted by molar-refractivity contribution is -0.245. The van der Waals surface area contributed by atoms with Gasteiger partial charge in [0, 0.05) is 54.6 Å². The van der Waals surface area contributed by atoms with Crippen LogP contribution in [0.3, 0.4) is 0 Å². The topological polar surface area (TPSA) is 322 Å². The molecule has 2 aromatic heterocycles. The molecule has 3 heterocycles. The van der Waals surface area contributed by atoms with Gasteiger partial charge < -0.3 is 60.9 Å². The maximum absolute atomic E-state index is 14.2. The predicted molar refractivity (Wildman–Crippen MR) is 290 cm³/mol. The van der Waals surface area contributed by atoms with Gasteiger partial charge in [-0.15, -0.1) is 5.10 Å². The molecule has 2 aromatic carbocycles. The Morgan fingerprint density at radius 3 is 2.22 bits per heavy atom. The highest BCUT2D eigenvalue weighted by atomic mass is 16.7. The molecule has 78 heavy (non-hydrogen) atoms. The van der Waals surface area contributed by atoms with E-state index < -0.39 is 102 Å². The molecule has 21 nitrogen and oxygen atoms in total. The predicted octanol–water partition coefficient (Wildman–Crippen LogP) is 6.02. The Morgan fingerprint density at radius 1 is 0.949 bits per heavy atom. The van der Waals surface area contributed by atoms with Crippen molar-refractivity contribution in [2.45, 2.75) is 217 Å². The first-order valence-corrected chi connectivity index (χ1v) is 28.2. The number of hydrogen-bond acceptors (Lipinski definition) is 18. The summed E-state index contributed by atoms with van der Waals surface area (Å²) >= 11 is 0. The maximum Gasteiger partial charge on any atom is 0.237 e. The highest BCUT2D eigenvalue weighted by Crippen LogP contribution is 2.52. The number of nitrogens with one attached hydrogen (secondary N) is 3. The van der Waals surface area contributed by atoms with Gasteiger partial charge in [-0.1, -0.05) is 127 Å².